The minimum Gasteiger partial charge on any atom is -0.449 e. The maximum absolute atomic E-state index is 13.7. The predicted octanol–water partition coefficient (Wildman–Crippen LogP) is 4.63. The summed E-state index contributed by atoms with van der Waals surface area (Å²) in [6, 6.07) is 14.3. The van der Waals surface area contributed by atoms with Crippen LogP contribution in [-0.4, -0.2) is 48.0 Å². The second-order valence-electron chi connectivity index (χ2n) is 9.69. The van der Waals surface area contributed by atoms with E-state index in [9.17, 15) is 14.4 Å². The average Bonchev–Trinajstić information content (AvgIpc) is 3.59. The normalized spacial score (nSPS) is 17.3. The van der Waals surface area contributed by atoms with Crippen molar-refractivity contribution in [1.29, 1.82) is 0 Å². The van der Waals surface area contributed by atoms with Gasteiger partial charge in [-0.15, -0.1) is 0 Å². The average molecular weight is 492 g/mol. The molecule has 1 heterocycles. The molecule has 2 N–H and O–H groups in total. The third-order valence-corrected chi connectivity index (χ3v) is 7.05. The SMILES string of the molecule is CCCCOC(=O)N(C(=O)[C@@H]1CCCN1)[C@H](CCc1ccccc1)C(=O)Nc1ccc2c(c1)CCC2. The van der Waals surface area contributed by atoms with Crippen LogP contribution in [0.5, 0.6) is 0 Å². The highest BCUT2D eigenvalue weighted by molar-refractivity contribution is 6.04. The molecule has 1 saturated heterocycles. The summed E-state index contributed by atoms with van der Waals surface area (Å²) in [5, 5.41) is 6.17. The van der Waals surface area contributed by atoms with Crippen LogP contribution in [0, 0.1) is 0 Å². The molecule has 0 aromatic heterocycles. The molecule has 4 rings (SSSR count). The largest absolute Gasteiger partial charge is 0.449 e. The van der Waals surface area contributed by atoms with Crippen LogP contribution in [0.25, 0.3) is 0 Å². The molecule has 192 valence electrons. The smallest absolute Gasteiger partial charge is 0.417 e. The number of benzene rings is 2. The highest BCUT2D eigenvalue weighted by Crippen LogP contribution is 2.26. The maximum atomic E-state index is 13.7. The highest BCUT2D eigenvalue weighted by atomic mass is 16.6. The molecule has 0 radical (unpaired) electrons. The lowest BCUT2D eigenvalue weighted by molar-refractivity contribution is -0.138. The quantitative estimate of drug-likeness (QED) is 0.473. The van der Waals surface area contributed by atoms with E-state index in [1.54, 1.807) is 0 Å². The molecule has 1 fully saturated rings. The minimum atomic E-state index is -0.984. The van der Waals surface area contributed by atoms with Gasteiger partial charge < -0.3 is 15.4 Å². The Labute approximate surface area is 213 Å². The van der Waals surface area contributed by atoms with Gasteiger partial charge in [0.05, 0.1) is 12.6 Å². The summed E-state index contributed by atoms with van der Waals surface area (Å²) < 4.78 is 5.48. The molecule has 2 aliphatic rings. The number of carbonyl (C=O) groups excluding carboxylic acids is 3. The van der Waals surface area contributed by atoms with Crippen molar-refractivity contribution < 1.29 is 19.1 Å². The van der Waals surface area contributed by atoms with Gasteiger partial charge in [0.25, 0.3) is 0 Å². The lowest BCUT2D eigenvalue weighted by atomic mass is 10.0. The summed E-state index contributed by atoms with van der Waals surface area (Å²) in [4.78, 5) is 41.6. The molecule has 1 aliphatic heterocycles. The molecule has 2 aromatic rings. The molecule has 7 nitrogen and oxygen atoms in total. The number of anilines is 1. The van der Waals surface area contributed by atoms with Crippen LogP contribution in [0.2, 0.25) is 0 Å². The molecule has 0 unspecified atom stereocenters. The number of hydrogen-bond acceptors (Lipinski definition) is 5. The van der Waals surface area contributed by atoms with E-state index in [4.69, 9.17) is 4.74 Å². The Balaban J connectivity index is 1.59. The Hall–Kier alpha value is -3.19. The lowest BCUT2D eigenvalue weighted by Gasteiger charge is -2.30. The Kier molecular flexibility index (Phi) is 9.11. The Morgan fingerprint density at radius 2 is 1.89 bits per heavy atom. The van der Waals surface area contributed by atoms with Crippen LogP contribution in [0.3, 0.4) is 0 Å². The van der Waals surface area contributed by atoms with Crippen molar-refractivity contribution in [3.05, 3.63) is 65.2 Å². The minimum absolute atomic E-state index is 0.217. The topological polar surface area (TPSA) is 87.7 Å². The molecule has 1 aliphatic carbocycles. The van der Waals surface area contributed by atoms with E-state index in [1.165, 1.54) is 11.1 Å². The van der Waals surface area contributed by atoms with E-state index in [1.807, 2.05) is 49.4 Å². The summed E-state index contributed by atoms with van der Waals surface area (Å²) in [5.74, 6) is -0.765. The summed E-state index contributed by atoms with van der Waals surface area (Å²) in [6.07, 6.45) is 6.33. The van der Waals surface area contributed by atoms with Crippen molar-refractivity contribution >= 4 is 23.6 Å². The van der Waals surface area contributed by atoms with Gasteiger partial charge in [-0.25, -0.2) is 9.69 Å². The number of carbonyl (C=O) groups is 3. The highest BCUT2D eigenvalue weighted by Gasteiger charge is 2.40. The first-order chi connectivity index (χ1) is 17.6. The van der Waals surface area contributed by atoms with Gasteiger partial charge in [0, 0.05) is 5.69 Å². The van der Waals surface area contributed by atoms with Crippen molar-refractivity contribution in [2.24, 2.45) is 0 Å². The Bertz CT molecular complexity index is 1050. The Morgan fingerprint density at radius 1 is 1.08 bits per heavy atom. The number of nitrogens with zero attached hydrogens (tertiary/aromatic N) is 1. The first kappa shape index (κ1) is 25.9. The van der Waals surface area contributed by atoms with Crippen LogP contribution >= 0.6 is 0 Å². The van der Waals surface area contributed by atoms with E-state index in [-0.39, 0.29) is 12.5 Å². The fraction of sp³-hybridized carbons (Fsp3) is 0.483. The lowest BCUT2D eigenvalue weighted by Crippen LogP contribution is -2.55. The van der Waals surface area contributed by atoms with Crippen molar-refractivity contribution in [2.45, 2.75) is 76.8 Å². The summed E-state index contributed by atoms with van der Waals surface area (Å²) in [5.41, 5.74) is 4.29. The van der Waals surface area contributed by atoms with Crippen LogP contribution in [0.4, 0.5) is 10.5 Å². The predicted molar refractivity (Wildman–Crippen MR) is 140 cm³/mol. The number of imide groups is 1. The number of hydrogen-bond donors (Lipinski definition) is 2. The standard InChI is InChI=1S/C29H37N3O4/c1-2-3-19-36-29(35)32(28(34)25-13-8-18-30-25)26(17-14-21-9-5-4-6-10-21)27(33)31-24-16-15-22-11-7-12-23(22)20-24/h4-6,9-10,15-16,20,25-26,30H,2-3,7-8,11-14,17-19H2,1H3,(H,31,33)/t25-,26+/m0/s1. The van der Waals surface area contributed by atoms with Crippen molar-refractivity contribution in [3.63, 3.8) is 0 Å². The van der Waals surface area contributed by atoms with Crippen molar-refractivity contribution in [1.82, 2.24) is 10.2 Å². The van der Waals surface area contributed by atoms with Crippen LogP contribution in [-0.2, 0) is 33.6 Å². The summed E-state index contributed by atoms with van der Waals surface area (Å²) >= 11 is 0. The Morgan fingerprint density at radius 3 is 2.64 bits per heavy atom. The van der Waals surface area contributed by atoms with E-state index in [2.05, 4.69) is 16.7 Å². The second-order valence-corrected chi connectivity index (χ2v) is 9.69. The molecule has 0 saturated carbocycles. The van der Waals surface area contributed by atoms with Gasteiger partial charge in [0.2, 0.25) is 11.8 Å². The van der Waals surface area contributed by atoms with Crippen LogP contribution < -0.4 is 10.6 Å². The number of ether oxygens (including phenoxy) is 1. The second kappa shape index (κ2) is 12.7. The molecule has 0 spiro atoms. The third kappa shape index (κ3) is 6.52. The number of fused-ring (bicyclic) bond motifs is 1. The van der Waals surface area contributed by atoms with E-state index >= 15 is 0 Å². The zero-order valence-corrected chi connectivity index (χ0v) is 21.1. The first-order valence-electron chi connectivity index (χ1n) is 13.3. The van der Waals surface area contributed by atoms with Gasteiger partial charge >= 0.3 is 6.09 Å². The molecular formula is C29H37N3O4. The molecule has 36 heavy (non-hydrogen) atoms. The molecule has 2 atom stereocenters. The van der Waals surface area contributed by atoms with E-state index in [0.717, 1.165) is 42.6 Å². The zero-order chi connectivity index (χ0) is 25.3. The number of rotatable bonds is 10. The number of amides is 3. The molecule has 3 amide bonds. The van der Waals surface area contributed by atoms with Gasteiger partial charge in [0.15, 0.2) is 0 Å². The molecule has 2 aromatic carbocycles. The van der Waals surface area contributed by atoms with Crippen molar-refractivity contribution in [3.8, 4) is 0 Å². The van der Waals surface area contributed by atoms with Crippen LogP contribution in [0.1, 0.15) is 62.1 Å². The van der Waals surface area contributed by atoms with E-state index in [0.29, 0.717) is 37.9 Å². The van der Waals surface area contributed by atoms with Gasteiger partial charge in [0.1, 0.15) is 6.04 Å². The summed E-state index contributed by atoms with van der Waals surface area (Å²) in [6.45, 7) is 2.94. The molecule has 0 bridgehead atoms. The van der Waals surface area contributed by atoms with Crippen LogP contribution in [0.15, 0.2) is 48.5 Å². The fourth-order valence-electron chi connectivity index (χ4n) is 5.01. The van der Waals surface area contributed by atoms with Crippen molar-refractivity contribution in [2.75, 3.05) is 18.5 Å². The number of aryl methyl sites for hydroxylation is 3. The zero-order valence-electron chi connectivity index (χ0n) is 21.1. The van der Waals surface area contributed by atoms with Gasteiger partial charge in [-0.1, -0.05) is 49.7 Å². The van der Waals surface area contributed by atoms with E-state index < -0.39 is 24.1 Å². The number of unbranched alkanes of at least 4 members (excludes halogenated alkanes) is 1. The van der Waals surface area contributed by atoms with Gasteiger partial charge in [-0.05, 0) is 86.7 Å². The molecular weight excluding hydrogens is 454 g/mol. The number of nitrogens with one attached hydrogen (secondary N) is 2. The fourth-order valence-corrected chi connectivity index (χ4v) is 5.01. The molecule has 7 heteroatoms. The van der Waals surface area contributed by atoms with Gasteiger partial charge in [-0.3, -0.25) is 9.59 Å². The summed E-state index contributed by atoms with van der Waals surface area (Å²) in [7, 11) is 0. The monoisotopic (exact) mass is 491 g/mol. The maximum Gasteiger partial charge on any atom is 0.417 e. The first-order valence-corrected chi connectivity index (χ1v) is 13.3. The third-order valence-electron chi connectivity index (χ3n) is 7.05. The van der Waals surface area contributed by atoms with Gasteiger partial charge in [-0.2, -0.15) is 0 Å².